The molecule has 25 heavy (non-hydrogen) atoms. The lowest BCUT2D eigenvalue weighted by atomic mass is 10.3. The standard InChI is InChI=1S/C18H17N5O2/c1-2-8-20-17(24)15-14-5-3-4-11-23(14)16(22-15)18(25)21-12-13-6-9-19-10-7-13/h2-7,9-11H,1,8,12H2,(H,20,24)(H,21,25). The number of imidazole rings is 1. The summed E-state index contributed by atoms with van der Waals surface area (Å²) in [5, 5.41) is 5.48. The maximum atomic E-state index is 12.5. The first-order chi connectivity index (χ1) is 12.2. The van der Waals surface area contributed by atoms with E-state index in [9.17, 15) is 9.59 Å². The summed E-state index contributed by atoms with van der Waals surface area (Å²) < 4.78 is 1.60. The first-order valence-electron chi connectivity index (χ1n) is 7.74. The molecule has 3 rings (SSSR count). The van der Waals surface area contributed by atoms with Crippen molar-refractivity contribution < 1.29 is 9.59 Å². The molecular weight excluding hydrogens is 318 g/mol. The third-order valence-corrected chi connectivity index (χ3v) is 3.58. The largest absolute Gasteiger partial charge is 0.347 e. The van der Waals surface area contributed by atoms with Crippen molar-refractivity contribution in [1.82, 2.24) is 25.0 Å². The van der Waals surface area contributed by atoms with Crippen LogP contribution in [0.3, 0.4) is 0 Å². The van der Waals surface area contributed by atoms with Gasteiger partial charge in [0.1, 0.15) is 0 Å². The number of pyridine rings is 2. The van der Waals surface area contributed by atoms with Gasteiger partial charge >= 0.3 is 0 Å². The topological polar surface area (TPSA) is 88.4 Å². The zero-order chi connectivity index (χ0) is 17.6. The van der Waals surface area contributed by atoms with Crippen molar-refractivity contribution in [1.29, 1.82) is 0 Å². The predicted octanol–water partition coefficient (Wildman–Crippen LogP) is 1.58. The Morgan fingerprint density at radius 1 is 1.12 bits per heavy atom. The molecule has 0 fully saturated rings. The number of amides is 2. The van der Waals surface area contributed by atoms with Crippen LogP contribution in [0.4, 0.5) is 0 Å². The molecule has 0 aliphatic heterocycles. The molecule has 0 saturated carbocycles. The van der Waals surface area contributed by atoms with E-state index in [1.54, 1.807) is 47.3 Å². The Balaban J connectivity index is 1.86. The Labute approximate surface area is 144 Å². The molecule has 0 bridgehead atoms. The predicted molar refractivity (Wildman–Crippen MR) is 93.1 cm³/mol. The highest BCUT2D eigenvalue weighted by Gasteiger charge is 2.20. The summed E-state index contributed by atoms with van der Waals surface area (Å²) in [6.45, 7) is 4.24. The molecule has 2 N–H and O–H groups in total. The fourth-order valence-corrected chi connectivity index (χ4v) is 2.38. The second-order valence-electron chi connectivity index (χ2n) is 5.28. The van der Waals surface area contributed by atoms with Gasteiger partial charge in [-0.3, -0.25) is 19.0 Å². The van der Waals surface area contributed by atoms with E-state index in [2.05, 4.69) is 27.2 Å². The molecule has 3 heterocycles. The van der Waals surface area contributed by atoms with Gasteiger partial charge in [-0.2, -0.15) is 0 Å². The van der Waals surface area contributed by atoms with E-state index in [1.807, 2.05) is 12.1 Å². The summed E-state index contributed by atoms with van der Waals surface area (Å²) in [6, 6.07) is 8.95. The second kappa shape index (κ2) is 7.39. The Kier molecular flexibility index (Phi) is 4.84. The van der Waals surface area contributed by atoms with E-state index in [1.165, 1.54) is 0 Å². The molecule has 7 heteroatoms. The number of hydrogen-bond acceptors (Lipinski definition) is 4. The molecule has 3 aromatic rings. The van der Waals surface area contributed by atoms with Gasteiger partial charge in [-0.25, -0.2) is 4.98 Å². The Hall–Kier alpha value is -3.48. The van der Waals surface area contributed by atoms with Gasteiger partial charge in [-0.05, 0) is 29.8 Å². The van der Waals surface area contributed by atoms with E-state index in [0.717, 1.165) is 5.56 Å². The lowest BCUT2D eigenvalue weighted by Gasteiger charge is -2.04. The quantitative estimate of drug-likeness (QED) is 0.669. The maximum Gasteiger partial charge on any atom is 0.287 e. The molecule has 7 nitrogen and oxygen atoms in total. The third-order valence-electron chi connectivity index (χ3n) is 3.58. The van der Waals surface area contributed by atoms with Gasteiger partial charge in [-0.1, -0.05) is 12.1 Å². The fourth-order valence-electron chi connectivity index (χ4n) is 2.38. The van der Waals surface area contributed by atoms with Crippen LogP contribution in [-0.4, -0.2) is 32.7 Å². The highest BCUT2D eigenvalue weighted by molar-refractivity contribution is 6.02. The van der Waals surface area contributed by atoms with Gasteiger partial charge in [0.15, 0.2) is 5.69 Å². The number of hydrogen-bond donors (Lipinski definition) is 2. The van der Waals surface area contributed by atoms with E-state index < -0.39 is 0 Å². The van der Waals surface area contributed by atoms with Crippen LogP contribution < -0.4 is 10.6 Å². The van der Waals surface area contributed by atoms with Gasteiger partial charge in [0.25, 0.3) is 11.8 Å². The smallest absolute Gasteiger partial charge is 0.287 e. The number of nitrogens with zero attached hydrogens (tertiary/aromatic N) is 3. The zero-order valence-electron chi connectivity index (χ0n) is 13.5. The van der Waals surface area contributed by atoms with Gasteiger partial charge in [-0.15, -0.1) is 6.58 Å². The van der Waals surface area contributed by atoms with Crippen LogP contribution in [0.2, 0.25) is 0 Å². The monoisotopic (exact) mass is 335 g/mol. The van der Waals surface area contributed by atoms with E-state index >= 15 is 0 Å². The minimum Gasteiger partial charge on any atom is -0.347 e. The van der Waals surface area contributed by atoms with Gasteiger partial charge in [0.05, 0.1) is 5.52 Å². The molecule has 0 atom stereocenters. The Morgan fingerprint density at radius 2 is 1.92 bits per heavy atom. The molecule has 0 spiro atoms. The number of fused-ring (bicyclic) bond motifs is 1. The van der Waals surface area contributed by atoms with Crippen molar-refractivity contribution in [3.05, 3.63) is 78.7 Å². The molecule has 126 valence electrons. The van der Waals surface area contributed by atoms with Gasteiger partial charge in [0.2, 0.25) is 5.82 Å². The average Bonchev–Trinajstić information content (AvgIpc) is 3.05. The molecule has 0 aliphatic carbocycles. The zero-order valence-corrected chi connectivity index (χ0v) is 13.5. The summed E-state index contributed by atoms with van der Waals surface area (Å²) in [4.78, 5) is 33.0. The van der Waals surface area contributed by atoms with E-state index in [0.29, 0.717) is 18.6 Å². The van der Waals surface area contributed by atoms with Crippen LogP contribution >= 0.6 is 0 Å². The summed E-state index contributed by atoms with van der Waals surface area (Å²) >= 11 is 0. The highest BCUT2D eigenvalue weighted by atomic mass is 16.2. The van der Waals surface area contributed by atoms with Crippen LogP contribution in [0.25, 0.3) is 5.52 Å². The molecule has 2 amide bonds. The summed E-state index contributed by atoms with van der Waals surface area (Å²) in [7, 11) is 0. The number of nitrogens with one attached hydrogen (secondary N) is 2. The molecular formula is C18H17N5O2. The van der Waals surface area contributed by atoms with Crippen LogP contribution in [0.15, 0.2) is 61.6 Å². The molecule has 0 aromatic carbocycles. The lowest BCUT2D eigenvalue weighted by Crippen LogP contribution is -2.26. The minimum absolute atomic E-state index is 0.161. The van der Waals surface area contributed by atoms with Gasteiger partial charge < -0.3 is 10.6 Å². The number of carbonyl (C=O) groups is 2. The SMILES string of the molecule is C=CCNC(=O)c1nc(C(=O)NCc2ccncc2)n2ccccc12. The first kappa shape index (κ1) is 16.4. The van der Waals surface area contributed by atoms with Crippen molar-refractivity contribution in [3.8, 4) is 0 Å². The van der Waals surface area contributed by atoms with Crippen molar-refractivity contribution in [3.63, 3.8) is 0 Å². The normalized spacial score (nSPS) is 10.4. The van der Waals surface area contributed by atoms with E-state index in [-0.39, 0.29) is 23.3 Å². The van der Waals surface area contributed by atoms with Crippen LogP contribution in [-0.2, 0) is 6.54 Å². The summed E-state index contributed by atoms with van der Waals surface area (Å²) in [5.41, 5.74) is 1.70. The minimum atomic E-state index is -0.360. The Morgan fingerprint density at radius 3 is 2.68 bits per heavy atom. The number of rotatable bonds is 6. The maximum absolute atomic E-state index is 12.5. The van der Waals surface area contributed by atoms with Crippen LogP contribution in [0.1, 0.15) is 26.7 Å². The van der Waals surface area contributed by atoms with Crippen molar-refractivity contribution in [2.45, 2.75) is 6.54 Å². The number of aromatic nitrogens is 3. The highest BCUT2D eigenvalue weighted by Crippen LogP contribution is 2.13. The Bertz CT molecular complexity index is 918. The number of carbonyl (C=O) groups excluding carboxylic acids is 2. The third kappa shape index (κ3) is 3.55. The van der Waals surface area contributed by atoms with Crippen molar-refractivity contribution in [2.24, 2.45) is 0 Å². The average molecular weight is 335 g/mol. The van der Waals surface area contributed by atoms with Crippen molar-refractivity contribution >= 4 is 17.3 Å². The first-order valence-corrected chi connectivity index (χ1v) is 7.74. The summed E-state index contributed by atoms with van der Waals surface area (Å²) in [6.07, 6.45) is 6.61. The summed E-state index contributed by atoms with van der Waals surface area (Å²) in [5.74, 6) is -0.550. The molecule has 3 aromatic heterocycles. The van der Waals surface area contributed by atoms with Crippen LogP contribution in [0, 0.1) is 0 Å². The lowest BCUT2D eigenvalue weighted by molar-refractivity contribution is 0.0940. The fraction of sp³-hybridized carbons (Fsp3) is 0.111. The van der Waals surface area contributed by atoms with Crippen molar-refractivity contribution in [2.75, 3.05) is 6.54 Å². The van der Waals surface area contributed by atoms with Crippen LogP contribution in [0.5, 0.6) is 0 Å². The van der Waals surface area contributed by atoms with E-state index in [4.69, 9.17) is 0 Å². The second-order valence-corrected chi connectivity index (χ2v) is 5.28. The molecule has 0 unspecified atom stereocenters. The molecule has 0 radical (unpaired) electrons. The van der Waals surface area contributed by atoms with Gasteiger partial charge in [0, 0.05) is 31.7 Å². The molecule has 0 aliphatic rings. The molecule has 0 saturated heterocycles.